The van der Waals surface area contributed by atoms with Gasteiger partial charge in [0.05, 0.1) is 12.5 Å². The van der Waals surface area contributed by atoms with Gasteiger partial charge in [0.15, 0.2) is 0 Å². The lowest BCUT2D eigenvalue weighted by atomic mass is 9.89. The minimum atomic E-state index is -0.866. The Labute approximate surface area is 210 Å². The van der Waals surface area contributed by atoms with Crippen LogP contribution >= 0.6 is 0 Å². The van der Waals surface area contributed by atoms with Gasteiger partial charge < -0.3 is 14.6 Å². The van der Waals surface area contributed by atoms with Gasteiger partial charge in [-0.3, -0.25) is 0 Å². The van der Waals surface area contributed by atoms with E-state index in [-0.39, 0.29) is 5.92 Å². The Kier molecular flexibility index (Phi) is 14.1. The number of aryl methyl sites for hydroxylation is 1. The Balaban J connectivity index is 2.61. The Bertz CT molecular complexity index is 937. The maximum atomic E-state index is 11.7. The van der Waals surface area contributed by atoms with E-state index in [1.807, 2.05) is 39.0 Å². The summed E-state index contributed by atoms with van der Waals surface area (Å²) in [5.74, 6) is -1.51. The minimum Gasteiger partial charge on any atom is -0.478 e. The van der Waals surface area contributed by atoms with E-state index in [1.54, 1.807) is 12.5 Å². The highest BCUT2D eigenvalue weighted by atomic mass is 16.4. The maximum absolute atomic E-state index is 11.7. The normalized spacial score (nSPS) is 13.4. The molecule has 0 aliphatic rings. The number of furan rings is 1. The van der Waals surface area contributed by atoms with Crippen LogP contribution in [-0.4, -0.2) is 22.2 Å². The third-order valence-electron chi connectivity index (χ3n) is 6.06. The number of rotatable bonds is 17. The second-order valence-electron chi connectivity index (χ2n) is 9.47. The number of hydrogen-bond acceptors (Lipinski definition) is 3. The molecule has 1 rings (SSSR count). The largest absolute Gasteiger partial charge is 0.478 e. The monoisotopic (exact) mass is 482 g/mol. The summed E-state index contributed by atoms with van der Waals surface area (Å²) >= 11 is 0. The Hall–Kier alpha value is -3.08. The lowest BCUT2D eigenvalue weighted by Gasteiger charge is -2.16. The third-order valence-corrected chi connectivity index (χ3v) is 6.06. The van der Waals surface area contributed by atoms with E-state index in [0.29, 0.717) is 36.8 Å². The van der Waals surface area contributed by atoms with Crippen LogP contribution in [0, 0.1) is 5.92 Å². The second-order valence-corrected chi connectivity index (χ2v) is 9.47. The molecule has 0 amide bonds. The maximum Gasteiger partial charge on any atom is 0.331 e. The predicted molar refractivity (Wildman–Crippen MR) is 142 cm³/mol. The highest BCUT2D eigenvalue weighted by Crippen LogP contribution is 2.24. The third kappa shape index (κ3) is 13.4. The van der Waals surface area contributed by atoms with E-state index >= 15 is 0 Å². The van der Waals surface area contributed by atoms with Crippen LogP contribution in [0.2, 0.25) is 0 Å². The molecule has 2 N–H and O–H groups in total. The molecule has 1 heterocycles. The molecule has 1 unspecified atom stereocenters. The van der Waals surface area contributed by atoms with Crippen LogP contribution in [0.25, 0.3) is 0 Å². The first-order chi connectivity index (χ1) is 16.6. The van der Waals surface area contributed by atoms with Gasteiger partial charge in [-0.05, 0) is 103 Å². The zero-order valence-corrected chi connectivity index (χ0v) is 21.8. The number of aliphatic carboxylic acids is 2. The lowest BCUT2D eigenvalue weighted by molar-refractivity contribution is -0.133. The molecule has 5 nitrogen and oxygen atoms in total. The molecule has 0 aliphatic heterocycles. The van der Waals surface area contributed by atoms with Crippen molar-refractivity contribution in [3.63, 3.8) is 0 Å². The van der Waals surface area contributed by atoms with Crippen molar-refractivity contribution < 1.29 is 24.2 Å². The van der Waals surface area contributed by atoms with Crippen molar-refractivity contribution >= 4 is 11.9 Å². The zero-order valence-electron chi connectivity index (χ0n) is 21.8. The molecule has 1 aromatic rings. The Morgan fingerprint density at radius 1 is 0.914 bits per heavy atom. The first kappa shape index (κ1) is 30.0. The number of hydrogen-bond donors (Lipinski definition) is 2. The topological polar surface area (TPSA) is 87.7 Å². The molecule has 0 aromatic carbocycles. The lowest BCUT2D eigenvalue weighted by Crippen LogP contribution is -2.06. The van der Waals surface area contributed by atoms with Crippen LogP contribution in [0.1, 0.15) is 84.6 Å². The fraction of sp³-hybridized carbons (Fsp3) is 0.467. The smallest absolute Gasteiger partial charge is 0.331 e. The summed E-state index contributed by atoms with van der Waals surface area (Å²) < 4.78 is 5.06. The first-order valence-electron chi connectivity index (χ1n) is 12.4. The molecule has 1 aromatic heterocycles. The molecular formula is C30H42O5. The van der Waals surface area contributed by atoms with Gasteiger partial charge in [0, 0.05) is 11.1 Å². The van der Waals surface area contributed by atoms with Crippen molar-refractivity contribution in [2.45, 2.75) is 85.5 Å². The average Bonchev–Trinajstić information content (AvgIpc) is 3.29. The van der Waals surface area contributed by atoms with E-state index < -0.39 is 11.9 Å². The highest BCUT2D eigenvalue weighted by molar-refractivity contribution is 5.86. The molecule has 35 heavy (non-hydrogen) atoms. The molecule has 0 saturated carbocycles. The van der Waals surface area contributed by atoms with Gasteiger partial charge in [0.1, 0.15) is 0 Å². The van der Waals surface area contributed by atoms with Crippen molar-refractivity contribution in [2.75, 3.05) is 0 Å². The van der Waals surface area contributed by atoms with Crippen molar-refractivity contribution in [1.29, 1.82) is 0 Å². The van der Waals surface area contributed by atoms with Gasteiger partial charge >= 0.3 is 11.9 Å². The molecule has 0 bridgehead atoms. The Morgan fingerprint density at radius 3 is 2.11 bits per heavy atom. The number of carbonyl (C=O) groups is 2. The van der Waals surface area contributed by atoms with Crippen molar-refractivity contribution in [3.8, 4) is 0 Å². The minimum absolute atomic E-state index is 0.204. The molecule has 0 spiro atoms. The molecule has 192 valence electrons. The average molecular weight is 483 g/mol. The molecule has 5 heteroatoms. The quantitative estimate of drug-likeness (QED) is 0.173. The SMILES string of the molecule is C=C(C)C(CC=C(C)CCC=C(CCC=C(C)C)C(=O)O)CCC(=CCCc1ccoc1)C(=O)O. The fourth-order valence-electron chi connectivity index (χ4n) is 3.77. The zero-order chi connectivity index (χ0) is 26.2. The van der Waals surface area contributed by atoms with Gasteiger partial charge in [-0.2, -0.15) is 0 Å². The molecule has 0 radical (unpaired) electrons. The van der Waals surface area contributed by atoms with Gasteiger partial charge in [0.25, 0.3) is 0 Å². The van der Waals surface area contributed by atoms with Crippen LogP contribution in [0.5, 0.6) is 0 Å². The first-order valence-corrected chi connectivity index (χ1v) is 12.4. The van der Waals surface area contributed by atoms with Crippen LogP contribution in [0.4, 0.5) is 0 Å². The number of allylic oxidation sites excluding steroid dienone is 7. The molecule has 1 atom stereocenters. The molecule has 0 fully saturated rings. The van der Waals surface area contributed by atoms with Crippen LogP contribution in [0.15, 0.2) is 81.8 Å². The van der Waals surface area contributed by atoms with Gasteiger partial charge in [-0.1, -0.05) is 47.6 Å². The molecular weight excluding hydrogens is 440 g/mol. The van der Waals surface area contributed by atoms with Crippen molar-refractivity contribution in [3.05, 3.63) is 82.9 Å². The summed E-state index contributed by atoms with van der Waals surface area (Å²) in [6.07, 6.45) is 17.4. The fourth-order valence-corrected chi connectivity index (χ4v) is 3.77. The number of carboxylic acid groups (broad SMARTS) is 2. The summed E-state index contributed by atoms with van der Waals surface area (Å²) in [5.41, 5.74) is 5.42. The van der Waals surface area contributed by atoms with Gasteiger partial charge in [-0.15, -0.1) is 0 Å². The van der Waals surface area contributed by atoms with E-state index in [0.717, 1.165) is 43.2 Å². The molecule has 0 saturated heterocycles. The predicted octanol–water partition coefficient (Wildman–Crippen LogP) is 8.07. The summed E-state index contributed by atoms with van der Waals surface area (Å²) in [6.45, 7) is 12.2. The van der Waals surface area contributed by atoms with Crippen LogP contribution < -0.4 is 0 Å². The van der Waals surface area contributed by atoms with Gasteiger partial charge in [0.2, 0.25) is 0 Å². The second kappa shape index (κ2) is 16.5. The molecule has 0 aliphatic carbocycles. The highest BCUT2D eigenvalue weighted by Gasteiger charge is 2.13. The van der Waals surface area contributed by atoms with E-state index in [2.05, 4.69) is 25.7 Å². The van der Waals surface area contributed by atoms with E-state index in [9.17, 15) is 19.8 Å². The summed E-state index contributed by atoms with van der Waals surface area (Å²) in [4.78, 5) is 23.2. The van der Waals surface area contributed by atoms with Crippen molar-refractivity contribution in [1.82, 2.24) is 0 Å². The van der Waals surface area contributed by atoms with E-state index in [1.165, 1.54) is 11.1 Å². The summed E-state index contributed by atoms with van der Waals surface area (Å²) in [6, 6.07) is 1.89. The summed E-state index contributed by atoms with van der Waals surface area (Å²) in [5, 5.41) is 19.0. The Morgan fingerprint density at radius 2 is 1.54 bits per heavy atom. The van der Waals surface area contributed by atoms with Crippen molar-refractivity contribution in [2.24, 2.45) is 5.92 Å². The van der Waals surface area contributed by atoms with Crippen LogP contribution in [0.3, 0.4) is 0 Å². The summed E-state index contributed by atoms with van der Waals surface area (Å²) in [7, 11) is 0. The van der Waals surface area contributed by atoms with Gasteiger partial charge in [-0.25, -0.2) is 9.59 Å². The number of carboxylic acids is 2. The van der Waals surface area contributed by atoms with E-state index in [4.69, 9.17) is 4.42 Å². The standard InChI is InChI=1S/C30H42O5/c1-22(2)9-6-12-27(29(31)32)13-7-10-24(5)15-16-26(23(3)4)17-18-28(30(33)34)14-8-11-25-19-20-35-21-25/h9,13-15,19-21,26H,3,6-8,10-12,16-18H2,1-2,4-5H3,(H,31,32)(H,33,34). The van der Waals surface area contributed by atoms with Crippen LogP contribution in [-0.2, 0) is 16.0 Å².